The highest BCUT2D eigenvalue weighted by molar-refractivity contribution is 7.89. The number of methoxy groups -OCH3 is 1. The number of carbonyl (C=O) groups excluding carboxylic acids is 1. The van der Waals surface area contributed by atoms with Crippen molar-refractivity contribution in [3.63, 3.8) is 0 Å². The highest BCUT2D eigenvalue weighted by Crippen LogP contribution is 2.36. The van der Waals surface area contributed by atoms with Crippen molar-refractivity contribution in [2.75, 3.05) is 25.9 Å². The van der Waals surface area contributed by atoms with E-state index in [4.69, 9.17) is 16.2 Å². The second-order valence-electron chi connectivity index (χ2n) is 5.42. The molecular formula is C13H19N3O4S. The van der Waals surface area contributed by atoms with Crippen LogP contribution in [0.25, 0.3) is 0 Å². The Kier molecular flexibility index (Phi) is 3.85. The van der Waals surface area contributed by atoms with Crippen LogP contribution in [0.1, 0.15) is 13.3 Å². The topological polar surface area (TPSA) is 116 Å². The number of hydrogen-bond donors (Lipinski definition) is 2. The van der Waals surface area contributed by atoms with Crippen molar-refractivity contribution < 1.29 is 17.9 Å². The van der Waals surface area contributed by atoms with Gasteiger partial charge in [0.15, 0.2) is 0 Å². The number of nitrogens with two attached hydrogens (primary N) is 2. The Bertz CT molecular complexity index is 674. The summed E-state index contributed by atoms with van der Waals surface area (Å²) in [5.41, 5.74) is 10.6. The Balaban J connectivity index is 2.38. The first kappa shape index (κ1) is 15.6. The van der Waals surface area contributed by atoms with Crippen molar-refractivity contribution in [3.05, 3.63) is 18.2 Å². The molecule has 1 saturated heterocycles. The van der Waals surface area contributed by atoms with Gasteiger partial charge >= 0.3 is 0 Å². The second kappa shape index (κ2) is 5.19. The standard InChI is InChI=1S/C13H19N3O4S/c1-13(12(15)17)5-6-16(8-13)21(18,19)11-4-3-9(14)7-10(11)20-2/h3-4,7H,5-6,8,14H2,1-2H3,(H2,15,17). The van der Waals surface area contributed by atoms with Gasteiger partial charge in [0.25, 0.3) is 0 Å². The number of carbonyl (C=O) groups is 1. The zero-order valence-corrected chi connectivity index (χ0v) is 12.8. The monoisotopic (exact) mass is 313 g/mol. The lowest BCUT2D eigenvalue weighted by Crippen LogP contribution is -2.38. The lowest BCUT2D eigenvalue weighted by molar-refractivity contribution is -0.126. The van der Waals surface area contributed by atoms with Gasteiger partial charge in [-0.15, -0.1) is 0 Å². The van der Waals surface area contributed by atoms with E-state index in [0.717, 1.165) is 0 Å². The quantitative estimate of drug-likeness (QED) is 0.768. The summed E-state index contributed by atoms with van der Waals surface area (Å²) in [6.45, 7) is 1.98. The minimum Gasteiger partial charge on any atom is -0.495 e. The number of nitrogen functional groups attached to an aromatic ring is 1. The van der Waals surface area contributed by atoms with E-state index in [1.54, 1.807) is 6.92 Å². The number of hydrogen-bond acceptors (Lipinski definition) is 5. The molecule has 0 radical (unpaired) electrons. The largest absolute Gasteiger partial charge is 0.495 e. The molecule has 1 aliphatic heterocycles. The van der Waals surface area contributed by atoms with Crippen LogP contribution in [0.4, 0.5) is 5.69 Å². The number of benzene rings is 1. The summed E-state index contributed by atoms with van der Waals surface area (Å²) in [6.07, 6.45) is 0.402. The molecule has 0 bridgehead atoms. The molecule has 1 atom stereocenters. The number of sulfonamides is 1. The fourth-order valence-electron chi connectivity index (χ4n) is 2.36. The highest BCUT2D eigenvalue weighted by atomic mass is 32.2. The summed E-state index contributed by atoms with van der Waals surface area (Å²) < 4.78 is 31.7. The van der Waals surface area contributed by atoms with Gasteiger partial charge in [-0.05, 0) is 25.5 Å². The fourth-order valence-corrected chi connectivity index (χ4v) is 4.06. The summed E-state index contributed by atoms with van der Waals surface area (Å²) in [5.74, 6) is -0.313. The first-order chi connectivity index (χ1) is 9.70. The third-order valence-corrected chi connectivity index (χ3v) is 5.72. The van der Waals surface area contributed by atoms with Crippen molar-refractivity contribution in [1.29, 1.82) is 0 Å². The molecule has 1 fully saturated rings. The molecule has 1 aliphatic rings. The van der Waals surface area contributed by atoms with Crippen LogP contribution in [0.3, 0.4) is 0 Å². The van der Waals surface area contributed by atoms with E-state index in [9.17, 15) is 13.2 Å². The zero-order chi connectivity index (χ0) is 15.8. The predicted molar refractivity (Wildman–Crippen MR) is 78.1 cm³/mol. The van der Waals surface area contributed by atoms with E-state index in [2.05, 4.69) is 0 Å². The van der Waals surface area contributed by atoms with E-state index in [1.807, 2.05) is 0 Å². The van der Waals surface area contributed by atoms with E-state index >= 15 is 0 Å². The average molecular weight is 313 g/mol. The molecule has 0 saturated carbocycles. The predicted octanol–water partition coefficient (Wildman–Crippen LogP) is 0.163. The molecule has 4 N–H and O–H groups in total. The molecule has 2 rings (SSSR count). The Morgan fingerprint density at radius 2 is 2.10 bits per heavy atom. The van der Waals surface area contributed by atoms with Crippen LogP contribution in [-0.4, -0.2) is 38.8 Å². The SMILES string of the molecule is COc1cc(N)ccc1S(=O)(=O)N1CCC(C)(C(N)=O)C1. The summed E-state index contributed by atoms with van der Waals surface area (Å²) in [6, 6.07) is 4.36. The summed E-state index contributed by atoms with van der Waals surface area (Å²) >= 11 is 0. The molecule has 0 aromatic heterocycles. The van der Waals surface area contributed by atoms with Crippen molar-refractivity contribution in [2.24, 2.45) is 11.1 Å². The van der Waals surface area contributed by atoms with Gasteiger partial charge in [-0.2, -0.15) is 4.31 Å². The normalized spacial score (nSPS) is 23.1. The number of anilines is 1. The molecule has 21 heavy (non-hydrogen) atoms. The Labute approximate surface area is 123 Å². The minimum absolute atomic E-state index is 0.0351. The highest BCUT2D eigenvalue weighted by Gasteiger charge is 2.44. The Morgan fingerprint density at radius 3 is 2.62 bits per heavy atom. The molecule has 1 aromatic rings. The van der Waals surface area contributed by atoms with Crippen LogP contribution in [0.5, 0.6) is 5.75 Å². The maximum absolute atomic E-state index is 12.7. The summed E-state index contributed by atoms with van der Waals surface area (Å²) in [7, 11) is -2.38. The molecule has 116 valence electrons. The lowest BCUT2D eigenvalue weighted by Gasteiger charge is -2.21. The molecule has 1 amide bonds. The van der Waals surface area contributed by atoms with Crippen LogP contribution in [0.2, 0.25) is 0 Å². The Morgan fingerprint density at radius 1 is 1.43 bits per heavy atom. The zero-order valence-electron chi connectivity index (χ0n) is 12.0. The number of nitrogens with zero attached hydrogens (tertiary/aromatic N) is 1. The van der Waals surface area contributed by atoms with Gasteiger partial charge < -0.3 is 16.2 Å². The fraction of sp³-hybridized carbons (Fsp3) is 0.462. The van der Waals surface area contributed by atoms with Crippen molar-refractivity contribution >= 4 is 21.6 Å². The van der Waals surface area contributed by atoms with Gasteiger partial charge in [0, 0.05) is 24.8 Å². The van der Waals surface area contributed by atoms with E-state index in [-0.39, 0.29) is 23.7 Å². The number of rotatable bonds is 4. The van der Waals surface area contributed by atoms with Crippen LogP contribution in [-0.2, 0) is 14.8 Å². The molecule has 0 aliphatic carbocycles. The van der Waals surface area contributed by atoms with Gasteiger partial charge in [0.2, 0.25) is 15.9 Å². The average Bonchev–Trinajstić information content (AvgIpc) is 2.83. The van der Waals surface area contributed by atoms with E-state index in [0.29, 0.717) is 12.1 Å². The second-order valence-corrected chi connectivity index (χ2v) is 7.33. The molecule has 1 unspecified atom stereocenters. The number of primary amides is 1. The van der Waals surface area contributed by atoms with Crippen molar-refractivity contribution in [2.45, 2.75) is 18.2 Å². The maximum atomic E-state index is 12.7. The molecular weight excluding hydrogens is 294 g/mol. The summed E-state index contributed by atoms with van der Waals surface area (Å²) in [5, 5.41) is 0. The van der Waals surface area contributed by atoms with Crippen molar-refractivity contribution in [1.82, 2.24) is 4.31 Å². The molecule has 7 nitrogen and oxygen atoms in total. The van der Waals surface area contributed by atoms with Crippen LogP contribution in [0.15, 0.2) is 23.1 Å². The molecule has 1 aromatic carbocycles. The minimum atomic E-state index is -3.76. The Hall–Kier alpha value is -1.80. The van der Waals surface area contributed by atoms with Gasteiger partial charge in [-0.3, -0.25) is 4.79 Å². The van der Waals surface area contributed by atoms with E-state index in [1.165, 1.54) is 29.6 Å². The van der Waals surface area contributed by atoms with Gasteiger partial charge in [0.05, 0.1) is 12.5 Å². The van der Waals surface area contributed by atoms with Gasteiger partial charge in [0.1, 0.15) is 10.6 Å². The summed E-state index contributed by atoms with van der Waals surface area (Å²) in [4.78, 5) is 11.5. The van der Waals surface area contributed by atoms with E-state index < -0.39 is 21.3 Å². The third-order valence-electron chi connectivity index (χ3n) is 3.84. The smallest absolute Gasteiger partial charge is 0.246 e. The molecule has 0 spiro atoms. The third kappa shape index (κ3) is 2.68. The van der Waals surface area contributed by atoms with Gasteiger partial charge in [-0.25, -0.2) is 8.42 Å². The molecule has 8 heteroatoms. The van der Waals surface area contributed by atoms with Crippen molar-refractivity contribution in [3.8, 4) is 5.75 Å². The maximum Gasteiger partial charge on any atom is 0.246 e. The van der Waals surface area contributed by atoms with Gasteiger partial charge in [-0.1, -0.05) is 0 Å². The van der Waals surface area contributed by atoms with Crippen LogP contribution >= 0.6 is 0 Å². The van der Waals surface area contributed by atoms with Crippen LogP contribution < -0.4 is 16.2 Å². The first-order valence-corrected chi connectivity index (χ1v) is 7.88. The first-order valence-electron chi connectivity index (χ1n) is 6.44. The van der Waals surface area contributed by atoms with Crippen LogP contribution in [0, 0.1) is 5.41 Å². The lowest BCUT2D eigenvalue weighted by atomic mass is 9.89. The number of ether oxygens (including phenoxy) is 1. The molecule has 1 heterocycles. The number of amides is 1.